The number of carbonyl (C=O) groups is 2. The standard InChI is InChI=1S/C27H28N2O4S/c1-3-19-11-7-8-18(2)23(19)17-25(30)27(20-9-5-4-6-10-20)29-34(32,33)22-13-14-24-21(16-22)12-15-26(31)28-24/h4-11,13-14,16,27,29H,3,12,15,17H2,1-2H3,(H,28,31). The molecule has 1 amide bonds. The largest absolute Gasteiger partial charge is 0.326 e. The van der Waals surface area contributed by atoms with Gasteiger partial charge in [-0.25, -0.2) is 8.42 Å². The minimum Gasteiger partial charge on any atom is -0.326 e. The predicted octanol–water partition coefficient (Wildman–Crippen LogP) is 4.27. The molecular formula is C27H28N2O4S. The number of fused-ring (bicyclic) bond motifs is 1. The second-order valence-electron chi connectivity index (χ2n) is 8.54. The third kappa shape index (κ3) is 5.11. The van der Waals surface area contributed by atoms with E-state index in [0.717, 1.165) is 28.7 Å². The maximum atomic E-state index is 13.5. The molecule has 0 aliphatic carbocycles. The molecule has 0 fully saturated rings. The number of benzene rings is 3. The number of rotatable bonds is 8. The van der Waals surface area contributed by atoms with Gasteiger partial charge in [0.25, 0.3) is 0 Å². The molecule has 0 bridgehead atoms. The second kappa shape index (κ2) is 9.91. The van der Waals surface area contributed by atoms with Gasteiger partial charge in [0.15, 0.2) is 5.78 Å². The summed E-state index contributed by atoms with van der Waals surface area (Å²) in [6.45, 7) is 4.01. The number of hydrogen-bond acceptors (Lipinski definition) is 4. The van der Waals surface area contributed by atoms with E-state index in [9.17, 15) is 18.0 Å². The Morgan fingerprint density at radius 3 is 2.53 bits per heavy atom. The molecule has 3 aromatic carbocycles. The summed E-state index contributed by atoms with van der Waals surface area (Å²) < 4.78 is 29.4. The number of anilines is 1. The first-order valence-corrected chi connectivity index (χ1v) is 12.9. The number of nitrogens with one attached hydrogen (secondary N) is 2. The zero-order chi connectivity index (χ0) is 24.3. The lowest BCUT2D eigenvalue weighted by Gasteiger charge is -2.21. The zero-order valence-corrected chi connectivity index (χ0v) is 20.1. The van der Waals surface area contributed by atoms with Crippen molar-refractivity contribution in [3.8, 4) is 0 Å². The van der Waals surface area contributed by atoms with Gasteiger partial charge in [-0.2, -0.15) is 4.72 Å². The van der Waals surface area contributed by atoms with E-state index in [1.54, 1.807) is 36.4 Å². The number of carbonyl (C=O) groups excluding carboxylic acids is 2. The van der Waals surface area contributed by atoms with Crippen molar-refractivity contribution in [1.82, 2.24) is 4.72 Å². The van der Waals surface area contributed by atoms with E-state index >= 15 is 0 Å². The van der Waals surface area contributed by atoms with Crippen LogP contribution < -0.4 is 10.0 Å². The Kier molecular flexibility index (Phi) is 6.95. The molecular weight excluding hydrogens is 448 g/mol. The Bertz CT molecular complexity index is 1330. The molecule has 1 heterocycles. The smallest absolute Gasteiger partial charge is 0.241 e. The fourth-order valence-electron chi connectivity index (χ4n) is 4.34. The average Bonchev–Trinajstić information content (AvgIpc) is 2.83. The summed E-state index contributed by atoms with van der Waals surface area (Å²) in [6, 6.07) is 18.5. The maximum absolute atomic E-state index is 13.5. The number of sulfonamides is 1. The molecule has 176 valence electrons. The summed E-state index contributed by atoms with van der Waals surface area (Å²) in [7, 11) is -4.00. The molecule has 0 radical (unpaired) electrons. The number of amides is 1. The van der Waals surface area contributed by atoms with Crippen molar-refractivity contribution >= 4 is 27.4 Å². The Balaban J connectivity index is 1.66. The molecule has 4 rings (SSSR count). The molecule has 0 aromatic heterocycles. The van der Waals surface area contributed by atoms with Gasteiger partial charge >= 0.3 is 0 Å². The first-order valence-electron chi connectivity index (χ1n) is 11.4. The third-order valence-electron chi connectivity index (χ3n) is 6.25. The van der Waals surface area contributed by atoms with Crippen LogP contribution in [0, 0.1) is 6.92 Å². The van der Waals surface area contributed by atoms with Gasteiger partial charge in [-0.3, -0.25) is 9.59 Å². The monoisotopic (exact) mass is 476 g/mol. The fraction of sp³-hybridized carbons (Fsp3) is 0.259. The van der Waals surface area contributed by atoms with Crippen LogP contribution in [0.3, 0.4) is 0 Å². The lowest BCUT2D eigenvalue weighted by Crippen LogP contribution is -2.35. The van der Waals surface area contributed by atoms with Crippen LogP contribution in [0.2, 0.25) is 0 Å². The molecule has 6 nitrogen and oxygen atoms in total. The quantitative estimate of drug-likeness (QED) is 0.508. The van der Waals surface area contributed by atoms with Gasteiger partial charge in [-0.1, -0.05) is 55.5 Å². The van der Waals surface area contributed by atoms with Crippen LogP contribution in [0.5, 0.6) is 0 Å². The van der Waals surface area contributed by atoms with E-state index in [4.69, 9.17) is 0 Å². The number of hydrogen-bond donors (Lipinski definition) is 2. The summed E-state index contributed by atoms with van der Waals surface area (Å²) in [5.41, 5.74) is 5.02. The number of ketones is 1. The Morgan fingerprint density at radius 1 is 1.03 bits per heavy atom. The minimum absolute atomic E-state index is 0.0706. The van der Waals surface area contributed by atoms with E-state index in [1.165, 1.54) is 6.07 Å². The Hall–Kier alpha value is -3.29. The SMILES string of the molecule is CCc1cccc(C)c1CC(=O)C(NS(=O)(=O)c1ccc2c(c1)CCC(=O)N2)c1ccccc1. The molecule has 34 heavy (non-hydrogen) atoms. The van der Waals surface area contributed by atoms with Crippen molar-refractivity contribution in [2.24, 2.45) is 0 Å². The van der Waals surface area contributed by atoms with Crippen LogP contribution in [-0.2, 0) is 38.9 Å². The van der Waals surface area contributed by atoms with Crippen molar-refractivity contribution in [2.75, 3.05) is 5.32 Å². The number of aryl methyl sites for hydroxylation is 3. The molecule has 3 aromatic rings. The van der Waals surface area contributed by atoms with E-state index < -0.39 is 16.1 Å². The summed E-state index contributed by atoms with van der Waals surface area (Å²) in [6.07, 6.45) is 1.70. The highest BCUT2D eigenvalue weighted by molar-refractivity contribution is 7.89. The highest BCUT2D eigenvalue weighted by atomic mass is 32.2. The molecule has 1 atom stereocenters. The lowest BCUT2D eigenvalue weighted by molar-refractivity contribution is -0.120. The first kappa shape index (κ1) is 23.9. The van der Waals surface area contributed by atoms with E-state index in [1.807, 2.05) is 38.1 Å². The topological polar surface area (TPSA) is 92.3 Å². The van der Waals surface area contributed by atoms with Crippen LogP contribution in [0.25, 0.3) is 0 Å². The average molecular weight is 477 g/mol. The van der Waals surface area contributed by atoms with E-state index in [2.05, 4.69) is 10.0 Å². The second-order valence-corrected chi connectivity index (χ2v) is 10.3. The maximum Gasteiger partial charge on any atom is 0.241 e. The van der Waals surface area contributed by atoms with Gasteiger partial charge in [0, 0.05) is 18.5 Å². The lowest BCUT2D eigenvalue weighted by atomic mass is 9.92. The molecule has 2 N–H and O–H groups in total. The van der Waals surface area contributed by atoms with Crippen LogP contribution in [0.1, 0.15) is 47.2 Å². The van der Waals surface area contributed by atoms with Crippen LogP contribution in [0.4, 0.5) is 5.69 Å². The molecule has 1 aliphatic rings. The molecule has 1 unspecified atom stereocenters. The number of Topliss-reactive ketones (excluding diaryl/α,β-unsaturated/α-hetero) is 1. The Labute approximate surface area is 200 Å². The summed E-state index contributed by atoms with van der Waals surface area (Å²) >= 11 is 0. The fourth-order valence-corrected chi connectivity index (χ4v) is 5.60. The van der Waals surface area contributed by atoms with Crippen molar-refractivity contribution in [1.29, 1.82) is 0 Å². The van der Waals surface area contributed by atoms with Gasteiger partial charge in [0.1, 0.15) is 6.04 Å². The van der Waals surface area contributed by atoms with Crippen molar-refractivity contribution in [3.63, 3.8) is 0 Å². The van der Waals surface area contributed by atoms with Crippen molar-refractivity contribution < 1.29 is 18.0 Å². The molecule has 0 saturated carbocycles. The molecule has 0 saturated heterocycles. The normalized spacial score (nSPS) is 14.2. The van der Waals surface area contributed by atoms with Crippen molar-refractivity contribution in [3.05, 3.63) is 94.5 Å². The van der Waals surface area contributed by atoms with Crippen molar-refractivity contribution in [2.45, 2.75) is 50.5 Å². The van der Waals surface area contributed by atoms with Crippen LogP contribution >= 0.6 is 0 Å². The van der Waals surface area contributed by atoms with Gasteiger partial charge in [-0.05, 0) is 65.8 Å². The van der Waals surface area contributed by atoms with Gasteiger partial charge in [-0.15, -0.1) is 0 Å². The first-order chi connectivity index (χ1) is 16.3. The zero-order valence-electron chi connectivity index (χ0n) is 19.3. The van der Waals surface area contributed by atoms with E-state index in [-0.39, 0.29) is 23.0 Å². The van der Waals surface area contributed by atoms with Gasteiger partial charge in [0.2, 0.25) is 15.9 Å². The summed E-state index contributed by atoms with van der Waals surface area (Å²) in [5, 5.41) is 2.76. The molecule has 1 aliphatic heterocycles. The predicted molar refractivity (Wildman–Crippen MR) is 132 cm³/mol. The molecule has 7 heteroatoms. The molecule has 0 spiro atoms. The highest BCUT2D eigenvalue weighted by Crippen LogP contribution is 2.27. The van der Waals surface area contributed by atoms with Crippen LogP contribution in [-0.4, -0.2) is 20.1 Å². The van der Waals surface area contributed by atoms with Gasteiger partial charge < -0.3 is 5.32 Å². The third-order valence-corrected chi connectivity index (χ3v) is 7.67. The van der Waals surface area contributed by atoms with Gasteiger partial charge in [0.05, 0.1) is 4.90 Å². The highest BCUT2D eigenvalue weighted by Gasteiger charge is 2.29. The Morgan fingerprint density at radius 2 is 1.79 bits per heavy atom. The summed E-state index contributed by atoms with van der Waals surface area (Å²) in [5.74, 6) is -0.303. The van der Waals surface area contributed by atoms with Crippen LogP contribution in [0.15, 0.2) is 71.6 Å². The van der Waals surface area contributed by atoms with E-state index in [0.29, 0.717) is 24.1 Å². The summed E-state index contributed by atoms with van der Waals surface area (Å²) in [4.78, 5) is 25.2. The minimum atomic E-state index is -4.00.